The summed E-state index contributed by atoms with van der Waals surface area (Å²) in [5.74, 6) is 0.833. The second-order valence-corrected chi connectivity index (χ2v) is 6.61. The summed E-state index contributed by atoms with van der Waals surface area (Å²) in [6, 6.07) is 11.6. The van der Waals surface area contributed by atoms with Gasteiger partial charge in [-0.3, -0.25) is 9.69 Å². The van der Waals surface area contributed by atoms with Crippen LogP contribution in [0.1, 0.15) is 24.3 Å². The maximum atomic E-state index is 12.4. The van der Waals surface area contributed by atoms with Crippen molar-refractivity contribution in [3.63, 3.8) is 0 Å². The van der Waals surface area contributed by atoms with Crippen molar-refractivity contribution >= 4 is 5.91 Å². The lowest BCUT2D eigenvalue weighted by Crippen LogP contribution is -2.51. The first kappa shape index (κ1) is 17.6. The zero-order valence-electron chi connectivity index (χ0n) is 14.8. The Balaban J connectivity index is 1.60. The quantitative estimate of drug-likeness (QED) is 0.872. The van der Waals surface area contributed by atoms with Crippen LogP contribution in [0.3, 0.4) is 0 Å². The molecule has 2 aromatic rings. The van der Waals surface area contributed by atoms with Crippen molar-refractivity contribution in [2.24, 2.45) is 5.92 Å². The highest BCUT2D eigenvalue weighted by Crippen LogP contribution is 2.19. The molecule has 1 aromatic carbocycles. The third-order valence-electron chi connectivity index (χ3n) is 4.56. The van der Waals surface area contributed by atoms with Crippen LogP contribution in [0.15, 0.2) is 40.9 Å². The predicted octanol–water partition coefficient (Wildman–Crippen LogP) is 2.43. The van der Waals surface area contributed by atoms with Crippen LogP contribution in [0.25, 0.3) is 11.3 Å². The minimum Gasteiger partial charge on any atom is -0.379 e. The fraction of sp³-hybridized carbons (Fsp3) is 0.474. The van der Waals surface area contributed by atoms with Gasteiger partial charge in [0.25, 0.3) is 5.91 Å². The largest absolute Gasteiger partial charge is 0.379 e. The summed E-state index contributed by atoms with van der Waals surface area (Å²) in [6.45, 7) is 8.25. The molecule has 1 aromatic heterocycles. The van der Waals surface area contributed by atoms with E-state index in [2.05, 4.69) is 29.2 Å². The lowest BCUT2D eigenvalue weighted by atomic mass is 10.0. The number of amides is 1. The number of hydrogen-bond acceptors (Lipinski definition) is 5. The Bertz CT molecular complexity index is 678. The fourth-order valence-corrected chi connectivity index (χ4v) is 3.10. The highest BCUT2D eigenvalue weighted by molar-refractivity contribution is 5.93. The van der Waals surface area contributed by atoms with E-state index in [4.69, 9.17) is 9.26 Å². The second-order valence-electron chi connectivity index (χ2n) is 6.61. The molecule has 1 aliphatic heterocycles. The first-order valence-corrected chi connectivity index (χ1v) is 8.77. The van der Waals surface area contributed by atoms with Gasteiger partial charge in [0.1, 0.15) is 0 Å². The molecule has 1 aliphatic rings. The predicted molar refractivity (Wildman–Crippen MR) is 95.3 cm³/mol. The van der Waals surface area contributed by atoms with E-state index in [1.807, 2.05) is 30.3 Å². The van der Waals surface area contributed by atoms with Crippen molar-refractivity contribution in [1.29, 1.82) is 0 Å². The van der Waals surface area contributed by atoms with E-state index in [1.165, 1.54) is 0 Å². The molecule has 1 N–H and O–H groups in total. The van der Waals surface area contributed by atoms with Crippen molar-refractivity contribution in [1.82, 2.24) is 15.4 Å². The molecule has 0 aliphatic carbocycles. The van der Waals surface area contributed by atoms with Gasteiger partial charge in [0.2, 0.25) is 0 Å². The maximum Gasteiger partial charge on any atom is 0.273 e. The standard InChI is InChI=1S/C19H25N3O3/c1-14(2)17(22-8-10-24-11-9-22)13-20-19(23)16-12-18(25-21-16)15-6-4-3-5-7-15/h3-7,12,14,17H,8-11,13H2,1-2H3,(H,20,23)/t17-/m1/s1. The van der Waals surface area contributed by atoms with Gasteiger partial charge >= 0.3 is 0 Å². The number of benzene rings is 1. The number of morpholine rings is 1. The number of carbonyl (C=O) groups is 1. The van der Waals surface area contributed by atoms with Crippen LogP contribution >= 0.6 is 0 Å². The maximum absolute atomic E-state index is 12.4. The molecule has 3 rings (SSSR count). The molecule has 0 bridgehead atoms. The van der Waals surface area contributed by atoms with Crippen LogP contribution in [0.4, 0.5) is 0 Å². The number of aromatic nitrogens is 1. The molecule has 1 amide bonds. The summed E-state index contributed by atoms with van der Waals surface area (Å²) in [4.78, 5) is 14.8. The first-order valence-electron chi connectivity index (χ1n) is 8.77. The molecule has 0 spiro atoms. The fourth-order valence-electron chi connectivity index (χ4n) is 3.10. The average molecular weight is 343 g/mol. The zero-order chi connectivity index (χ0) is 17.6. The molecular formula is C19H25N3O3. The van der Waals surface area contributed by atoms with E-state index >= 15 is 0 Å². The molecule has 6 heteroatoms. The van der Waals surface area contributed by atoms with Crippen LogP contribution < -0.4 is 5.32 Å². The Hall–Kier alpha value is -2.18. The number of ether oxygens (including phenoxy) is 1. The van der Waals surface area contributed by atoms with Crippen molar-refractivity contribution in [2.75, 3.05) is 32.8 Å². The summed E-state index contributed by atoms with van der Waals surface area (Å²) in [5.41, 5.74) is 1.21. The lowest BCUT2D eigenvalue weighted by Gasteiger charge is -2.36. The van der Waals surface area contributed by atoms with E-state index in [0.717, 1.165) is 31.9 Å². The highest BCUT2D eigenvalue weighted by Gasteiger charge is 2.25. The van der Waals surface area contributed by atoms with E-state index in [9.17, 15) is 4.79 Å². The van der Waals surface area contributed by atoms with E-state index in [-0.39, 0.29) is 11.9 Å². The summed E-state index contributed by atoms with van der Waals surface area (Å²) in [7, 11) is 0. The van der Waals surface area contributed by atoms with Gasteiger partial charge in [-0.15, -0.1) is 0 Å². The molecular weight excluding hydrogens is 318 g/mol. The Morgan fingerprint density at radius 3 is 2.64 bits per heavy atom. The van der Waals surface area contributed by atoms with Crippen LogP contribution in [-0.2, 0) is 4.74 Å². The van der Waals surface area contributed by atoms with E-state index in [0.29, 0.717) is 23.9 Å². The van der Waals surface area contributed by atoms with Gasteiger partial charge in [-0.2, -0.15) is 0 Å². The third-order valence-corrected chi connectivity index (χ3v) is 4.56. The van der Waals surface area contributed by atoms with Crippen molar-refractivity contribution in [3.8, 4) is 11.3 Å². The molecule has 0 saturated carbocycles. The number of nitrogens with zero attached hydrogens (tertiary/aromatic N) is 2. The molecule has 25 heavy (non-hydrogen) atoms. The monoisotopic (exact) mass is 343 g/mol. The summed E-state index contributed by atoms with van der Waals surface area (Å²) < 4.78 is 10.7. The molecule has 2 heterocycles. The minimum absolute atomic E-state index is 0.204. The van der Waals surface area contributed by atoms with Crippen LogP contribution in [0.2, 0.25) is 0 Å². The van der Waals surface area contributed by atoms with Crippen LogP contribution in [0.5, 0.6) is 0 Å². The van der Waals surface area contributed by atoms with Gasteiger partial charge in [0.05, 0.1) is 13.2 Å². The topological polar surface area (TPSA) is 67.6 Å². The van der Waals surface area contributed by atoms with Gasteiger partial charge < -0.3 is 14.6 Å². The van der Waals surface area contributed by atoms with Crippen LogP contribution in [-0.4, -0.2) is 54.9 Å². The molecule has 1 atom stereocenters. The second kappa shape index (κ2) is 8.27. The normalized spacial score (nSPS) is 16.8. The van der Waals surface area contributed by atoms with E-state index in [1.54, 1.807) is 6.07 Å². The molecule has 134 valence electrons. The smallest absolute Gasteiger partial charge is 0.273 e. The Labute approximate surface area is 148 Å². The Kier molecular flexibility index (Phi) is 5.83. The Morgan fingerprint density at radius 1 is 1.24 bits per heavy atom. The summed E-state index contributed by atoms with van der Waals surface area (Å²) in [5, 5.41) is 6.91. The van der Waals surface area contributed by atoms with Gasteiger partial charge in [0, 0.05) is 37.3 Å². The van der Waals surface area contributed by atoms with Crippen molar-refractivity contribution < 1.29 is 14.1 Å². The number of hydrogen-bond donors (Lipinski definition) is 1. The number of rotatable bonds is 6. The van der Waals surface area contributed by atoms with Gasteiger partial charge in [-0.05, 0) is 5.92 Å². The minimum atomic E-state index is -0.204. The van der Waals surface area contributed by atoms with Gasteiger partial charge in [0.15, 0.2) is 11.5 Å². The zero-order valence-corrected chi connectivity index (χ0v) is 14.8. The Morgan fingerprint density at radius 2 is 1.96 bits per heavy atom. The van der Waals surface area contributed by atoms with E-state index < -0.39 is 0 Å². The summed E-state index contributed by atoms with van der Waals surface area (Å²) in [6.07, 6.45) is 0. The molecule has 0 unspecified atom stereocenters. The summed E-state index contributed by atoms with van der Waals surface area (Å²) >= 11 is 0. The van der Waals surface area contributed by atoms with Crippen molar-refractivity contribution in [3.05, 3.63) is 42.1 Å². The number of carbonyl (C=O) groups excluding carboxylic acids is 1. The molecule has 1 fully saturated rings. The molecule has 1 saturated heterocycles. The van der Waals surface area contributed by atoms with Gasteiger partial charge in [-0.1, -0.05) is 49.3 Å². The third kappa shape index (κ3) is 4.46. The SMILES string of the molecule is CC(C)[C@@H](CNC(=O)c1cc(-c2ccccc2)on1)N1CCOCC1. The van der Waals surface area contributed by atoms with Crippen molar-refractivity contribution in [2.45, 2.75) is 19.9 Å². The lowest BCUT2D eigenvalue weighted by molar-refractivity contribution is 0.00671. The van der Waals surface area contributed by atoms with Crippen LogP contribution in [0, 0.1) is 5.92 Å². The molecule has 0 radical (unpaired) electrons. The average Bonchev–Trinajstić information content (AvgIpc) is 3.13. The highest BCUT2D eigenvalue weighted by atomic mass is 16.5. The van der Waals surface area contributed by atoms with Gasteiger partial charge in [-0.25, -0.2) is 0 Å². The first-order chi connectivity index (χ1) is 12.1. The molecule has 6 nitrogen and oxygen atoms in total. The number of nitrogens with one attached hydrogen (secondary N) is 1.